The van der Waals surface area contributed by atoms with Crippen LogP contribution >= 0.6 is 0 Å². The molecule has 12 nitrogen and oxygen atoms in total. The van der Waals surface area contributed by atoms with Crippen molar-refractivity contribution >= 4 is 46.0 Å². The molecule has 6 rings (SSSR count). The van der Waals surface area contributed by atoms with Gasteiger partial charge in [0.2, 0.25) is 17.6 Å². The molecule has 226 valence electrons. The molecule has 3 aromatic rings. The summed E-state index contributed by atoms with van der Waals surface area (Å²) in [6.07, 6.45) is 3.90. The van der Waals surface area contributed by atoms with Crippen molar-refractivity contribution in [3.8, 4) is 0 Å². The number of para-hydroxylation sites is 1. The summed E-state index contributed by atoms with van der Waals surface area (Å²) in [7, 11) is 0. The number of rotatable bonds is 13. The molecule has 3 saturated carbocycles. The fourth-order valence-electron chi connectivity index (χ4n) is 5.99. The predicted octanol–water partition coefficient (Wildman–Crippen LogP) is 1.71. The summed E-state index contributed by atoms with van der Waals surface area (Å²) >= 11 is 0. The zero-order valence-electron chi connectivity index (χ0n) is 24.3. The highest BCUT2D eigenvalue weighted by Crippen LogP contribution is 2.56. The van der Waals surface area contributed by atoms with E-state index in [1.54, 1.807) is 13.0 Å². The summed E-state index contributed by atoms with van der Waals surface area (Å²) in [6.45, 7) is 4.15. The van der Waals surface area contributed by atoms with Crippen molar-refractivity contribution in [1.29, 1.82) is 0 Å². The zero-order chi connectivity index (χ0) is 30.7. The number of nitrogens with one attached hydrogen (secondary N) is 4. The minimum atomic E-state index is -1.24. The van der Waals surface area contributed by atoms with Gasteiger partial charge in [0, 0.05) is 42.1 Å². The molecule has 0 saturated heterocycles. The second-order valence-corrected chi connectivity index (χ2v) is 11.3. The Morgan fingerprint density at radius 2 is 1.77 bits per heavy atom. The van der Waals surface area contributed by atoms with Crippen LogP contribution in [0, 0.1) is 5.92 Å². The Balaban J connectivity index is 1.32. The summed E-state index contributed by atoms with van der Waals surface area (Å²) in [5, 5.41) is 11.5. The second-order valence-electron chi connectivity index (χ2n) is 11.3. The second kappa shape index (κ2) is 12.2. The number of Topliss-reactive ketones (excluding diaryl/α,β-unsaturated/α-hetero) is 1. The molecule has 2 bridgehead atoms. The van der Waals surface area contributed by atoms with Gasteiger partial charge in [0.15, 0.2) is 0 Å². The first-order valence-electron chi connectivity index (χ1n) is 14.6. The molecule has 3 aliphatic rings. The Hall–Kier alpha value is -4.74. The van der Waals surface area contributed by atoms with Crippen molar-refractivity contribution in [3.63, 3.8) is 0 Å². The maximum absolute atomic E-state index is 13.5. The molecule has 3 fully saturated rings. The standard InChI is InChI=1S/C31H36N6O6/c1-3-32-29(42)25(38)12-11-21(33-28(41)24-14-20-8-5-6-10-23(20)37(24)4-2)27(40)34-22-9-7-13-36(30(22)43)18-26(39)35-31-15-19(16-31)17-31/h5-10,13-14,19,21H,3-4,11-12,15-18H2,1-2H3,(H,32,42)(H,33,41)(H,34,40)(H,35,39)/t19?,21-,31?/m0/s1. The number of carbonyl (C=O) groups is 5. The molecule has 2 heterocycles. The number of pyridine rings is 1. The lowest BCUT2D eigenvalue weighted by molar-refractivity contribution is -0.138. The van der Waals surface area contributed by atoms with Crippen LogP contribution in [0.1, 0.15) is 56.4 Å². The maximum atomic E-state index is 13.5. The number of ketones is 1. The van der Waals surface area contributed by atoms with E-state index in [0.717, 1.165) is 30.2 Å². The molecule has 4 N–H and O–H groups in total. The van der Waals surface area contributed by atoms with E-state index in [0.29, 0.717) is 18.2 Å². The van der Waals surface area contributed by atoms with Crippen LogP contribution in [-0.2, 0) is 32.3 Å². The molecule has 4 amide bonds. The highest BCUT2D eigenvalue weighted by atomic mass is 16.2. The number of aryl methyl sites for hydroxylation is 1. The molecule has 0 aliphatic heterocycles. The Bertz CT molecular complexity index is 1640. The lowest BCUT2D eigenvalue weighted by atomic mass is 9.50. The van der Waals surface area contributed by atoms with Gasteiger partial charge in [-0.2, -0.15) is 0 Å². The van der Waals surface area contributed by atoms with Gasteiger partial charge in [-0.1, -0.05) is 18.2 Å². The van der Waals surface area contributed by atoms with Gasteiger partial charge in [-0.3, -0.25) is 28.8 Å². The van der Waals surface area contributed by atoms with Gasteiger partial charge >= 0.3 is 0 Å². The fraction of sp³-hybridized carbons (Fsp3) is 0.419. The summed E-state index contributed by atoms with van der Waals surface area (Å²) in [5.41, 5.74) is 0.386. The third-order valence-corrected chi connectivity index (χ3v) is 8.27. The Morgan fingerprint density at radius 1 is 1.02 bits per heavy atom. The molecule has 2 aromatic heterocycles. The van der Waals surface area contributed by atoms with Crippen LogP contribution in [0.25, 0.3) is 10.9 Å². The van der Waals surface area contributed by atoms with Crippen LogP contribution in [0.3, 0.4) is 0 Å². The van der Waals surface area contributed by atoms with Gasteiger partial charge in [0.25, 0.3) is 17.4 Å². The van der Waals surface area contributed by atoms with E-state index in [9.17, 15) is 28.8 Å². The minimum absolute atomic E-state index is 0.0808. The van der Waals surface area contributed by atoms with Gasteiger partial charge in [-0.05, 0) is 69.7 Å². The lowest BCUT2D eigenvalue weighted by Gasteiger charge is -2.61. The quantitative estimate of drug-likeness (QED) is 0.223. The van der Waals surface area contributed by atoms with E-state index in [1.165, 1.54) is 22.9 Å². The van der Waals surface area contributed by atoms with Crippen molar-refractivity contribution in [1.82, 2.24) is 25.1 Å². The van der Waals surface area contributed by atoms with E-state index in [1.807, 2.05) is 35.8 Å². The number of anilines is 1. The van der Waals surface area contributed by atoms with Crippen molar-refractivity contribution in [3.05, 3.63) is 64.7 Å². The first-order valence-corrected chi connectivity index (χ1v) is 14.6. The highest BCUT2D eigenvalue weighted by molar-refractivity contribution is 6.36. The van der Waals surface area contributed by atoms with Crippen LogP contribution in [0.4, 0.5) is 5.69 Å². The van der Waals surface area contributed by atoms with E-state index >= 15 is 0 Å². The number of amides is 4. The van der Waals surface area contributed by atoms with Crippen LogP contribution in [0.15, 0.2) is 53.5 Å². The first-order chi connectivity index (χ1) is 20.6. The van der Waals surface area contributed by atoms with Crippen molar-refractivity contribution < 1.29 is 24.0 Å². The maximum Gasteiger partial charge on any atom is 0.287 e. The SMILES string of the molecule is CCNC(=O)C(=O)CC[C@H](NC(=O)c1cc2ccccc2n1CC)C(=O)Nc1cccn(CC(=O)NC23CC(C2)C3)c1=O. The summed E-state index contributed by atoms with van der Waals surface area (Å²) in [5.74, 6) is -2.36. The molecule has 43 heavy (non-hydrogen) atoms. The average molecular weight is 589 g/mol. The van der Waals surface area contributed by atoms with E-state index in [4.69, 9.17) is 0 Å². The minimum Gasteiger partial charge on any atom is -0.350 e. The van der Waals surface area contributed by atoms with Crippen molar-refractivity contribution in [2.45, 2.75) is 70.6 Å². The monoisotopic (exact) mass is 588 g/mol. The van der Waals surface area contributed by atoms with Gasteiger partial charge < -0.3 is 30.4 Å². The zero-order valence-corrected chi connectivity index (χ0v) is 24.3. The van der Waals surface area contributed by atoms with E-state index in [2.05, 4.69) is 21.3 Å². The number of hydrogen-bond donors (Lipinski definition) is 4. The molecule has 0 spiro atoms. The Morgan fingerprint density at radius 3 is 2.44 bits per heavy atom. The Labute approximate surface area is 248 Å². The third kappa shape index (κ3) is 6.23. The van der Waals surface area contributed by atoms with Gasteiger partial charge in [-0.25, -0.2) is 0 Å². The fourth-order valence-corrected chi connectivity index (χ4v) is 5.99. The molecule has 0 radical (unpaired) electrons. The average Bonchev–Trinajstić information content (AvgIpc) is 3.33. The van der Waals surface area contributed by atoms with E-state index in [-0.39, 0.29) is 43.1 Å². The molecular weight excluding hydrogens is 552 g/mol. The van der Waals surface area contributed by atoms with Crippen LogP contribution < -0.4 is 26.8 Å². The number of aromatic nitrogens is 2. The smallest absolute Gasteiger partial charge is 0.287 e. The van der Waals surface area contributed by atoms with Crippen LogP contribution in [-0.4, -0.2) is 56.7 Å². The van der Waals surface area contributed by atoms with Gasteiger partial charge in [0.1, 0.15) is 24.0 Å². The summed E-state index contributed by atoms with van der Waals surface area (Å²) in [6, 6.07) is 10.9. The molecule has 0 unspecified atom stereocenters. The molecular formula is C31H36N6O6. The summed E-state index contributed by atoms with van der Waals surface area (Å²) in [4.78, 5) is 77.0. The number of hydrogen-bond acceptors (Lipinski definition) is 6. The highest BCUT2D eigenvalue weighted by Gasteiger charge is 2.57. The number of likely N-dealkylation sites (N-methyl/N-ethyl adjacent to an activating group) is 1. The van der Waals surface area contributed by atoms with Crippen LogP contribution in [0.5, 0.6) is 0 Å². The topological polar surface area (TPSA) is 160 Å². The number of fused-ring (bicyclic) bond motifs is 1. The van der Waals surface area contributed by atoms with Crippen molar-refractivity contribution in [2.75, 3.05) is 11.9 Å². The summed E-state index contributed by atoms with van der Waals surface area (Å²) < 4.78 is 3.02. The Kier molecular flexibility index (Phi) is 8.47. The van der Waals surface area contributed by atoms with E-state index < -0.39 is 35.1 Å². The van der Waals surface area contributed by atoms with Gasteiger partial charge in [-0.15, -0.1) is 0 Å². The third-order valence-electron chi connectivity index (χ3n) is 8.27. The number of nitrogens with zero attached hydrogens (tertiary/aromatic N) is 2. The first kappa shape index (κ1) is 29.7. The molecule has 3 aliphatic carbocycles. The van der Waals surface area contributed by atoms with Crippen molar-refractivity contribution in [2.24, 2.45) is 5.92 Å². The lowest BCUT2D eigenvalue weighted by Crippen LogP contribution is -2.68. The largest absolute Gasteiger partial charge is 0.350 e. The number of carbonyl (C=O) groups excluding carboxylic acids is 5. The molecule has 12 heteroatoms. The number of benzene rings is 1. The predicted molar refractivity (Wildman–Crippen MR) is 159 cm³/mol. The van der Waals surface area contributed by atoms with Crippen LogP contribution in [0.2, 0.25) is 0 Å². The van der Waals surface area contributed by atoms with Gasteiger partial charge in [0.05, 0.1) is 0 Å². The molecule has 1 aromatic carbocycles. The molecule has 1 atom stereocenters. The normalized spacial score (nSPS) is 19.0.